The Morgan fingerprint density at radius 1 is 1.30 bits per heavy atom. The van der Waals surface area contributed by atoms with Crippen molar-refractivity contribution in [2.24, 2.45) is 0 Å². The van der Waals surface area contributed by atoms with E-state index in [1.54, 1.807) is 0 Å². The van der Waals surface area contributed by atoms with Crippen molar-refractivity contribution in [1.82, 2.24) is 9.78 Å². The van der Waals surface area contributed by atoms with Crippen molar-refractivity contribution in [3.63, 3.8) is 0 Å². The summed E-state index contributed by atoms with van der Waals surface area (Å²) in [5, 5.41) is 4.80. The third kappa shape index (κ3) is 3.65. The first-order valence-corrected chi connectivity index (χ1v) is 11.6. The van der Waals surface area contributed by atoms with Crippen LogP contribution in [0.25, 0.3) is 0 Å². The van der Waals surface area contributed by atoms with E-state index in [9.17, 15) is 0 Å². The molecule has 5 heteroatoms. The van der Waals surface area contributed by atoms with E-state index in [1.807, 2.05) is 6.20 Å². The van der Waals surface area contributed by atoms with Gasteiger partial charge in [0.1, 0.15) is 0 Å². The van der Waals surface area contributed by atoms with E-state index < -0.39 is 8.32 Å². The zero-order valence-electron chi connectivity index (χ0n) is 13.3. The molecule has 0 saturated heterocycles. The van der Waals surface area contributed by atoms with E-state index >= 15 is 0 Å². The fourth-order valence-electron chi connectivity index (χ4n) is 2.57. The number of aromatic nitrogens is 2. The van der Waals surface area contributed by atoms with Gasteiger partial charge >= 0.3 is 0 Å². The van der Waals surface area contributed by atoms with Gasteiger partial charge in [0.05, 0.1) is 21.9 Å². The lowest BCUT2D eigenvalue weighted by atomic mass is 9.93. The monoisotopic (exact) mass is 406 g/mol. The molecule has 1 fully saturated rings. The Morgan fingerprint density at radius 3 is 2.50 bits per heavy atom. The van der Waals surface area contributed by atoms with Crippen LogP contribution < -0.4 is 0 Å². The second-order valence-electron chi connectivity index (χ2n) is 7.41. The van der Waals surface area contributed by atoms with E-state index in [-0.39, 0.29) is 5.04 Å². The van der Waals surface area contributed by atoms with E-state index in [0.29, 0.717) is 12.1 Å². The minimum Gasteiger partial charge on any atom is -0.412 e. The van der Waals surface area contributed by atoms with Crippen molar-refractivity contribution in [3.05, 3.63) is 16.0 Å². The lowest BCUT2D eigenvalue weighted by Gasteiger charge is -2.43. The summed E-state index contributed by atoms with van der Waals surface area (Å²) in [6.45, 7) is 11.6. The summed E-state index contributed by atoms with van der Waals surface area (Å²) < 4.78 is 10.0. The standard InChI is InChI=1S/C15H27IN2OSi/c1-15(2,3)20(4,5)19-14-9-7-6-8-13(14)18-11-12(16)10-17-18/h10-11,13-14H,6-9H2,1-5H3. The molecule has 1 aromatic rings. The molecular weight excluding hydrogens is 379 g/mol. The van der Waals surface area contributed by atoms with E-state index in [4.69, 9.17) is 4.43 Å². The molecule has 0 aliphatic heterocycles. The highest BCUT2D eigenvalue weighted by molar-refractivity contribution is 14.1. The highest BCUT2D eigenvalue weighted by atomic mass is 127. The van der Waals surface area contributed by atoms with Gasteiger partial charge in [-0.3, -0.25) is 4.68 Å². The van der Waals surface area contributed by atoms with Gasteiger partial charge in [-0.15, -0.1) is 0 Å². The molecule has 1 heterocycles. The summed E-state index contributed by atoms with van der Waals surface area (Å²) in [4.78, 5) is 0. The van der Waals surface area contributed by atoms with Crippen molar-refractivity contribution < 1.29 is 4.43 Å². The Bertz CT molecular complexity index is 453. The van der Waals surface area contributed by atoms with Crippen LogP contribution in [0.1, 0.15) is 52.5 Å². The smallest absolute Gasteiger partial charge is 0.192 e. The van der Waals surface area contributed by atoms with E-state index in [0.717, 1.165) is 0 Å². The Labute approximate surface area is 137 Å². The molecule has 0 spiro atoms. The molecule has 1 aliphatic carbocycles. The van der Waals surface area contributed by atoms with E-state index in [2.05, 4.69) is 72.4 Å². The van der Waals surface area contributed by atoms with Gasteiger partial charge in [0, 0.05) is 6.20 Å². The third-order valence-corrected chi connectivity index (χ3v) is 9.89. The minimum atomic E-state index is -1.70. The molecule has 1 aliphatic rings. The SMILES string of the molecule is CC(C)(C)[Si](C)(C)OC1CCCCC1n1cc(I)cn1. The van der Waals surface area contributed by atoms with Crippen molar-refractivity contribution in [3.8, 4) is 0 Å². The van der Waals surface area contributed by atoms with Gasteiger partial charge in [0.25, 0.3) is 0 Å². The lowest BCUT2D eigenvalue weighted by molar-refractivity contribution is 0.0782. The first kappa shape index (κ1) is 16.5. The second kappa shape index (κ2) is 6.08. The molecule has 0 bridgehead atoms. The molecule has 0 amide bonds. The molecule has 2 unspecified atom stereocenters. The molecular formula is C15H27IN2OSi. The molecule has 3 nitrogen and oxygen atoms in total. The summed E-state index contributed by atoms with van der Waals surface area (Å²) in [5.41, 5.74) is 0. The van der Waals surface area contributed by atoms with Crippen LogP contribution in [0.2, 0.25) is 18.1 Å². The van der Waals surface area contributed by atoms with Crippen molar-refractivity contribution in [2.75, 3.05) is 0 Å². The number of hydrogen-bond donors (Lipinski definition) is 0. The maximum atomic E-state index is 6.70. The zero-order chi connectivity index (χ0) is 15.0. The molecule has 1 saturated carbocycles. The largest absolute Gasteiger partial charge is 0.412 e. The van der Waals surface area contributed by atoms with Crippen LogP contribution in [-0.2, 0) is 4.43 Å². The Morgan fingerprint density at radius 2 is 1.95 bits per heavy atom. The van der Waals surface area contributed by atoms with Crippen LogP contribution in [-0.4, -0.2) is 24.2 Å². The van der Waals surface area contributed by atoms with Crippen LogP contribution in [0.4, 0.5) is 0 Å². The lowest BCUT2D eigenvalue weighted by Crippen LogP contribution is -2.47. The molecule has 2 rings (SSSR count). The van der Waals surface area contributed by atoms with Gasteiger partial charge in [-0.1, -0.05) is 33.6 Å². The predicted molar refractivity (Wildman–Crippen MR) is 94.5 cm³/mol. The van der Waals surface area contributed by atoms with Gasteiger partial charge < -0.3 is 4.43 Å². The highest BCUT2D eigenvalue weighted by Crippen LogP contribution is 2.41. The second-order valence-corrected chi connectivity index (χ2v) is 13.4. The Kier molecular flexibility index (Phi) is 5.01. The van der Waals surface area contributed by atoms with Gasteiger partial charge in [0.2, 0.25) is 0 Å². The topological polar surface area (TPSA) is 27.1 Å². The van der Waals surface area contributed by atoms with Crippen LogP contribution in [0, 0.1) is 3.57 Å². The molecule has 0 radical (unpaired) electrons. The van der Waals surface area contributed by atoms with Crippen molar-refractivity contribution >= 4 is 30.9 Å². The highest BCUT2D eigenvalue weighted by Gasteiger charge is 2.41. The summed E-state index contributed by atoms with van der Waals surface area (Å²) in [7, 11) is -1.70. The minimum absolute atomic E-state index is 0.271. The van der Waals surface area contributed by atoms with Gasteiger partial charge in [0.15, 0.2) is 8.32 Å². The summed E-state index contributed by atoms with van der Waals surface area (Å²) in [5.74, 6) is 0. The molecule has 114 valence electrons. The van der Waals surface area contributed by atoms with Crippen molar-refractivity contribution in [2.45, 2.75) is 76.7 Å². The Balaban J connectivity index is 2.16. The first-order chi connectivity index (χ1) is 9.21. The first-order valence-electron chi connectivity index (χ1n) is 7.58. The fraction of sp³-hybridized carbons (Fsp3) is 0.800. The maximum absolute atomic E-state index is 6.70. The van der Waals surface area contributed by atoms with Gasteiger partial charge in [-0.05, 0) is 53.6 Å². The molecule has 20 heavy (non-hydrogen) atoms. The Hall–Kier alpha value is 0.117. The average molecular weight is 406 g/mol. The predicted octanol–water partition coefficient (Wildman–Crippen LogP) is 4.99. The normalized spacial score (nSPS) is 24.9. The zero-order valence-corrected chi connectivity index (χ0v) is 16.5. The fourth-order valence-corrected chi connectivity index (χ4v) is 4.36. The average Bonchev–Trinajstić information content (AvgIpc) is 2.74. The van der Waals surface area contributed by atoms with E-state index in [1.165, 1.54) is 29.3 Å². The van der Waals surface area contributed by atoms with Crippen LogP contribution in [0.3, 0.4) is 0 Å². The quantitative estimate of drug-likeness (QED) is 0.522. The number of nitrogens with zero attached hydrogens (tertiary/aromatic N) is 2. The van der Waals surface area contributed by atoms with Crippen LogP contribution >= 0.6 is 22.6 Å². The molecule has 2 atom stereocenters. The van der Waals surface area contributed by atoms with Crippen LogP contribution in [0.15, 0.2) is 12.4 Å². The van der Waals surface area contributed by atoms with Crippen molar-refractivity contribution in [1.29, 1.82) is 0 Å². The number of halogens is 1. The number of rotatable bonds is 3. The molecule has 1 aromatic heterocycles. The molecule has 0 aromatic carbocycles. The summed E-state index contributed by atoms with van der Waals surface area (Å²) in [6, 6.07) is 0.418. The third-order valence-electron chi connectivity index (χ3n) is 4.83. The number of hydrogen-bond acceptors (Lipinski definition) is 2. The maximum Gasteiger partial charge on any atom is 0.192 e. The molecule has 0 N–H and O–H groups in total. The van der Waals surface area contributed by atoms with Gasteiger partial charge in [-0.25, -0.2) is 0 Å². The summed E-state index contributed by atoms with van der Waals surface area (Å²) >= 11 is 2.33. The van der Waals surface area contributed by atoms with Gasteiger partial charge in [-0.2, -0.15) is 5.10 Å². The summed E-state index contributed by atoms with van der Waals surface area (Å²) in [6.07, 6.45) is 9.37. The van der Waals surface area contributed by atoms with Crippen LogP contribution in [0.5, 0.6) is 0 Å².